The Bertz CT molecular complexity index is 374. The number of benzene rings is 1. The predicted octanol–water partition coefficient (Wildman–Crippen LogP) is 3.48. The average Bonchev–Trinajstić information content (AvgIpc) is 2.18. The molecule has 0 aliphatic heterocycles. The van der Waals surface area contributed by atoms with Crippen LogP contribution in [-0.4, -0.2) is 6.54 Å². The summed E-state index contributed by atoms with van der Waals surface area (Å²) in [6.07, 6.45) is 0.651. The Labute approximate surface area is 86.6 Å². The van der Waals surface area contributed by atoms with Crippen molar-refractivity contribution in [1.82, 2.24) is 0 Å². The molecule has 0 aliphatic rings. The van der Waals surface area contributed by atoms with Crippen molar-refractivity contribution < 1.29 is 13.2 Å². The molecule has 0 spiro atoms. The van der Waals surface area contributed by atoms with E-state index >= 15 is 0 Å². The quantitative estimate of drug-likeness (QED) is 0.599. The summed E-state index contributed by atoms with van der Waals surface area (Å²) >= 11 is 0. The van der Waals surface area contributed by atoms with Crippen molar-refractivity contribution in [2.75, 3.05) is 11.9 Å². The van der Waals surface area contributed by atoms with Crippen LogP contribution in [0.3, 0.4) is 0 Å². The summed E-state index contributed by atoms with van der Waals surface area (Å²) in [6, 6.07) is 2.06. The molecule has 0 saturated carbocycles. The summed E-state index contributed by atoms with van der Waals surface area (Å²) in [7, 11) is 0. The molecule has 0 bridgehead atoms. The van der Waals surface area contributed by atoms with Crippen LogP contribution in [0.5, 0.6) is 0 Å². The molecule has 0 fully saturated rings. The molecular formula is C11H12F3N. The molecule has 15 heavy (non-hydrogen) atoms. The van der Waals surface area contributed by atoms with Crippen LogP contribution in [0.15, 0.2) is 24.3 Å². The lowest BCUT2D eigenvalue weighted by molar-refractivity contribution is 0.449. The standard InChI is InChI=1S/C11H12F3N/c1-7(2)5-6-15-9-4-3-8(12)10(13)11(9)14/h3-4,15H,1,5-6H2,2H3. The maximum absolute atomic E-state index is 13.1. The molecule has 1 rings (SSSR count). The molecule has 0 radical (unpaired) electrons. The Morgan fingerprint density at radius 2 is 1.93 bits per heavy atom. The first-order valence-electron chi connectivity index (χ1n) is 4.54. The average molecular weight is 215 g/mol. The van der Waals surface area contributed by atoms with E-state index in [1.165, 1.54) is 6.07 Å². The van der Waals surface area contributed by atoms with Crippen molar-refractivity contribution in [1.29, 1.82) is 0 Å². The Morgan fingerprint density at radius 3 is 2.53 bits per heavy atom. The molecule has 4 heteroatoms. The Morgan fingerprint density at radius 1 is 1.27 bits per heavy atom. The molecule has 1 aromatic carbocycles. The highest BCUT2D eigenvalue weighted by Crippen LogP contribution is 2.19. The predicted molar refractivity (Wildman–Crippen MR) is 54.2 cm³/mol. The van der Waals surface area contributed by atoms with Crippen LogP contribution >= 0.6 is 0 Å². The third kappa shape index (κ3) is 3.01. The van der Waals surface area contributed by atoms with Crippen LogP contribution in [0.4, 0.5) is 18.9 Å². The SMILES string of the molecule is C=C(C)CCNc1ccc(F)c(F)c1F. The third-order valence-electron chi connectivity index (χ3n) is 1.90. The maximum Gasteiger partial charge on any atom is 0.196 e. The lowest BCUT2D eigenvalue weighted by Crippen LogP contribution is -2.05. The molecule has 0 aliphatic carbocycles. The van der Waals surface area contributed by atoms with Gasteiger partial charge in [0, 0.05) is 6.54 Å². The van der Waals surface area contributed by atoms with Crippen molar-refractivity contribution >= 4 is 5.69 Å². The summed E-state index contributed by atoms with van der Waals surface area (Å²) < 4.78 is 38.4. The van der Waals surface area contributed by atoms with Crippen molar-refractivity contribution in [3.63, 3.8) is 0 Å². The maximum atomic E-state index is 13.1. The number of nitrogens with one attached hydrogen (secondary N) is 1. The number of hydrogen-bond acceptors (Lipinski definition) is 1. The number of anilines is 1. The van der Waals surface area contributed by atoms with E-state index < -0.39 is 17.5 Å². The van der Waals surface area contributed by atoms with Gasteiger partial charge in [0.25, 0.3) is 0 Å². The van der Waals surface area contributed by atoms with Gasteiger partial charge in [0.2, 0.25) is 0 Å². The van der Waals surface area contributed by atoms with Gasteiger partial charge < -0.3 is 5.32 Å². The van der Waals surface area contributed by atoms with E-state index in [0.717, 1.165) is 11.6 Å². The fourth-order valence-electron chi connectivity index (χ4n) is 1.07. The molecule has 0 heterocycles. The normalized spacial score (nSPS) is 10.1. The molecule has 0 aromatic heterocycles. The van der Waals surface area contributed by atoms with E-state index in [2.05, 4.69) is 11.9 Å². The molecule has 0 atom stereocenters. The summed E-state index contributed by atoms with van der Waals surface area (Å²) in [5.41, 5.74) is 0.903. The van der Waals surface area contributed by atoms with Crippen molar-refractivity contribution in [3.05, 3.63) is 41.7 Å². The largest absolute Gasteiger partial charge is 0.382 e. The fraction of sp³-hybridized carbons (Fsp3) is 0.273. The van der Waals surface area contributed by atoms with Crippen molar-refractivity contribution in [2.24, 2.45) is 0 Å². The van der Waals surface area contributed by atoms with Gasteiger partial charge in [0.1, 0.15) is 0 Å². The van der Waals surface area contributed by atoms with Gasteiger partial charge in [-0.1, -0.05) is 5.57 Å². The highest BCUT2D eigenvalue weighted by Gasteiger charge is 2.12. The molecule has 0 amide bonds. The van der Waals surface area contributed by atoms with Gasteiger partial charge in [-0.15, -0.1) is 6.58 Å². The second-order valence-electron chi connectivity index (χ2n) is 3.36. The van der Waals surface area contributed by atoms with E-state index in [9.17, 15) is 13.2 Å². The van der Waals surface area contributed by atoms with E-state index in [1.54, 1.807) is 0 Å². The highest BCUT2D eigenvalue weighted by molar-refractivity contribution is 5.45. The first-order chi connectivity index (χ1) is 7.02. The monoisotopic (exact) mass is 215 g/mol. The van der Waals surface area contributed by atoms with Crippen LogP contribution in [0.2, 0.25) is 0 Å². The first kappa shape index (κ1) is 11.6. The minimum atomic E-state index is -1.45. The number of halogens is 3. The second-order valence-corrected chi connectivity index (χ2v) is 3.36. The second kappa shape index (κ2) is 4.87. The highest BCUT2D eigenvalue weighted by atomic mass is 19.2. The molecule has 1 nitrogen and oxygen atoms in total. The van der Waals surface area contributed by atoms with Crippen LogP contribution in [0.25, 0.3) is 0 Å². The molecule has 0 unspecified atom stereocenters. The van der Waals surface area contributed by atoms with Crippen LogP contribution in [-0.2, 0) is 0 Å². The van der Waals surface area contributed by atoms with Gasteiger partial charge >= 0.3 is 0 Å². The van der Waals surface area contributed by atoms with Crippen molar-refractivity contribution in [3.8, 4) is 0 Å². The van der Waals surface area contributed by atoms with Gasteiger partial charge in [0.05, 0.1) is 5.69 Å². The zero-order valence-corrected chi connectivity index (χ0v) is 8.41. The molecule has 82 valence electrons. The molecule has 1 aromatic rings. The number of hydrogen-bond donors (Lipinski definition) is 1. The molecular weight excluding hydrogens is 203 g/mol. The van der Waals surface area contributed by atoms with E-state index in [-0.39, 0.29) is 5.69 Å². The van der Waals surface area contributed by atoms with Gasteiger partial charge in [-0.3, -0.25) is 0 Å². The van der Waals surface area contributed by atoms with Crippen LogP contribution < -0.4 is 5.32 Å². The van der Waals surface area contributed by atoms with Crippen LogP contribution in [0, 0.1) is 17.5 Å². The lowest BCUT2D eigenvalue weighted by Gasteiger charge is -2.07. The zero-order valence-electron chi connectivity index (χ0n) is 8.41. The topological polar surface area (TPSA) is 12.0 Å². The minimum absolute atomic E-state index is 0.0323. The summed E-state index contributed by atoms with van der Waals surface area (Å²) in [6.45, 7) is 5.95. The Balaban J connectivity index is 2.70. The summed E-state index contributed by atoms with van der Waals surface area (Å²) in [5, 5.41) is 2.67. The smallest absolute Gasteiger partial charge is 0.196 e. The summed E-state index contributed by atoms with van der Waals surface area (Å²) in [5.74, 6) is -3.81. The van der Waals surface area contributed by atoms with Crippen LogP contribution in [0.1, 0.15) is 13.3 Å². The molecule has 1 N–H and O–H groups in total. The van der Waals surface area contributed by atoms with Gasteiger partial charge in [-0.25, -0.2) is 13.2 Å². The van der Waals surface area contributed by atoms with E-state index in [0.29, 0.717) is 13.0 Å². The van der Waals surface area contributed by atoms with Crippen molar-refractivity contribution in [2.45, 2.75) is 13.3 Å². The summed E-state index contributed by atoms with van der Waals surface area (Å²) in [4.78, 5) is 0. The number of rotatable bonds is 4. The lowest BCUT2D eigenvalue weighted by atomic mass is 10.2. The van der Waals surface area contributed by atoms with Gasteiger partial charge in [0.15, 0.2) is 17.5 Å². The third-order valence-corrected chi connectivity index (χ3v) is 1.90. The van der Waals surface area contributed by atoms with Gasteiger partial charge in [-0.05, 0) is 25.5 Å². The molecule has 0 saturated heterocycles. The van der Waals surface area contributed by atoms with E-state index in [4.69, 9.17) is 0 Å². The first-order valence-corrected chi connectivity index (χ1v) is 4.54. The van der Waals surface area contributed by atoms with E-state index in [1.807, 2.05) is 6.92 Å². The minimum Gasteiger partial charge on any atom is -0.382 e. The van der Waals surface area contributed by atoms with Gasteiger partial charge in [-0.2, -0.15) is 0 Å². The Hall–Kier alpha value is -1.45. The Kier molecular flexibility index (Phi) is 3.77. The zero-order chi connectivity index (χ0) is 11.4. The fourth-order valence-corrected chi connectivity index (χ4v) is 1.07.